The summed E-state index contributed by atoms with van der Waals surface area (Å²) in [7, 11) is 1.58. The number of phenolic OH excluding ortho intramolecular Hbond substituents is 1. The van der Waals surface area contributed by atoms with E-state index in [2.05, 4.69) is 33.8 Å². The zero-order valence-corrected chi connectivity index (χ0v) is 15.9. The number of methoxy groups -OCH3 is 1. The summed E-state index contributed by atoms with van der Waals surface area (Å²) >= 11 is 0. The molecule has 3 unspecified atom stereocenters. The van der Waals surface area contributed by atoms with Gasteiger partial charge in [-0.1, -0.05) is 33.8 Å². The molecule has 0 heterocycles. The van der Waals surface area contributed by atoms with Crippen molar-refractivity contribution in [1.29, 1.82) is 0 Å². The molecule has 25 heavy (non-hydrogen) atoms. The minimum Gasteiger partial charge on any atom is -0.504 e. The molecule has 1 fully saturated rings. The summed E-state index contributed by atoms with van der Waals surface area (Å²) in [5, 5.41) is 20.9. The third-order valence-corrected chi connectivity index (χ3v) is 6.58. The van der Waals surface area contributed by atoms with Crippen molar-refractivity contribution in [2.75, 3.05) is 7.11 Å². The topological polar surface area (TPSA) is 66.8 Å². The second-order valence-electron chi connectivity index (χ2n) is 8.72. The average Bonchev–Trinajstić information content (AvgIpc) is 2.53. The smallest absolute Gasteiger partial charge is 0.307 e. The lowest BCUT2D eigenvalue weighted by Crippen LogP contribution is -2.43. The van der Waals surface area contributed by atoms with Crippen LogP contribution in [0.1, 0.15) is 75.5 Å². The number of hydrogen-bond donors (Lipinski definition) is 2. The fourth-order valence-corrected chi connectivity index (χ4v) is 5.18. The SMILES string of the molecule is COc1c(C(C)C)cc2c(c1O)C1C(C(=O)O)CCC(C)(C)C1CC2. The van der Waals surface area contributed by atoms with Crippen LogP contribution in [0.25, 0.3) is 0 Å². The van der Waals surface area contributed by atoms with Crippen molar-refractivity contribution in [3.63, 3.8) is 0 Å². The van der Waals surface area contributed by atoms with E-state index in [1.807, 2.05) is 0 Å². The van der Waals surface area contributed by atoms with Crippen LogP contribution in [0.2, 0.25) is 0 Å². The van der Waals surface area contributed by atoms with Crippen molar-refractivity contribution in [2.45, 2.75) is 65.2 Å². The second kappa shape index (κ2) is 6.22. The van der Waals surface area contributed by atoms with Crippen LogP contribution in [0.5, 0.6) is 11.5 Å². The largest absolute Gasteiger partial charge is 0.504 e. The minimum atomic E-state index is -0.746. The molecule has 3 atom stereocenters. The van der Waals surface area contributed by atoms with E-state index in [9.17, 15) is 15.0 Å². The molecule has 2 aliphatic carbocycles. The van der Waals surface area contributed by atoms with Crippen LogP contribution in [-0.4, -0.2) is 23.3 Å². The Morgan fingerprint density at radius 1 is 1.32 bits per heavy atom. The summed E-state index contributed by atoms with van der Waals surface area (Å²) in [5.74, 6) is -0.121. The predicted octanol–water partition coefficient (Wildman–Crippen LogP) is 4.69. The highest BCUT2D eigenvalue weighted by atomic mass is 16.5. The third kappa shape index (κ3) is 2.80. The van der Waals surface area contributed by atoms with E-state index in [-0.39, 0.29) is 28.9 Å². The summed E-state index contributed by atoms with van der Waals surface area (Å²) in [6, 6.07) is 2.13. The Bertz CT molecular complexity index is 690. The van der Waals surface area contributed by atoms with Gasteiger partial charge >= 0.3 is 5.97 Å². The maximum absolute atomic E-state index is 12.0. The Kier molecular flexibility index (Phi) is 4.50. The number of aromatic hydroxyl groups is 1. The molecule has 0 spiro atoms. The number of carboxylic acids is 1. The summed E-state index contributed by atoms with van der Waals surface area (Å²) in [6.45, 7) is 8.65. The quantitative estimate of drug-likeness (QED) is 0.833. The Morgan fingerprint density at radius 3 is 2.56 bits per heavy atom. The lowest BCUT2D eigenvalue weighted by molar-refractivity contribution is -0.146. The van der Waals surface area contributed by atoms with Crippen LogP contribution in [0.4, 0.5) is 0 Å². The number of ether oxygens (including phenoxy) is 1. The van der Waals surface area contributed by atoms with E-state index in [1.165, 1.54) is 0 Å². The van der Waals surface area contributed by atoms with Gasteiger partial charge in [-0.2, -0.15) is 0 Å². The first kappa shape index (κ1) is 18.1. The Labute approximate surface area is 150 Å². The van der Waals surface area contributed by atoms with Crippen molar-refractivity contribution < 1.29 is 19.7 Å². The lowest BCUT2D eigenvalue weighted by atomic mass is 9.54. The van der Waals surface area contributed by atoms with Gasteiger partial charge in [-0.05, 0) is 48.5 Å². The minimum absolute atomic E-state index is 0.0880. The molecule has 2 aliphatic rings. The maximum Gasteiger partial charge on any atom is 0.307 e. The molecule has 0 aliphatic heterocycles. The number of rotatable bonds is 3. The number of hydrogen-bond acceptors (Lipinski definition) is 3. The van der Waals surface area contributed by atoms with Crippen LogP contribution in [0.15, 0.2) is 6.07 Å². The molecule has 2 N–H and O–H groups in total. The van der Waals surface area contributed by atoms with Crippen molar-refractivity contribution in [1.82, 2.24) is 0 Å². The highest BCUT2D eigenvalue weighted by Crippen LogP contribution is 2.59. The van der Waals surface area contributed by atoms with Gasteiger partial charge in [0.1, 0.15) is 0 Å². The molecule has 1 saturated carbocycles. The molecular weight excluding hydrogens is 316 g/mol. The van der Waals surface area contributed by atoms with Gasteiger partial charge in [-0.3, -0.25) is 4.79 Å². The van der Waals surface area contributed by atoms with Crippen LogP contribution < -0.4 is 4.74 Å². The van der Waals surface area contributed by atoms with Gasteiger partial charge in [0.05, 0.1) is 13.0 Å². The highest BCUT2D eigenvalue weighted by molar-refractivity contribution is 5.73. The molecule has 1 aromatic rings. The molecular formula is C21H30O4. The molecule has 0 saturated heterocycles. The van der Waals surface area contributed by atoms with E-state index >= 15 is 0 Å². The van der Waals surface area contributed by atoms with Crippen LogP contribution in [-0.2, 0) is 11.2 Å². The first-order valence-corrected chi connectivity index (χ1v) is 9.34. The summed E-state index contributed by atoms with van der Waals surface area (Å²) in [5.41, 5.74) is 3.02. The number of carbonyl (C=O) groups is 1. The lowest BCUT2D eigenvalue weighted by Gasteiger charge is -2.50. The number of phenols is 1. The third-order valence-electron chi connectivity index (χ3n) is 6.58. The molecule has 0 bridgehead atoms. The number of aryl methyl sites for hydroxylation is 1. The first-order valence-electron chi connectivity index (χ1n) is 9.34. The van der Waals surface area contributed by atoms with Crippen LogP contribution in [0, 0.1) is 17.3 Å². The van der Waals surface area contributed by atoms with E-state index in [1.54, 1.807) is 7.11 Å². The predicted molar refractivity (Wildman–Crippen MR) is 97.4 cm³/mol. The fraction of sp³-hybridized carbons (Fsp3) is 0.667. The normalized spacial score (nSPS) is 27.5. The zero-order chi connectivity index (χ0) is 18.5. The van der Waals surface area contributed by atoms with Gasteiger partial charge in [0.15, 0.2) is 11.5 Å². The Balaban J connectivity index is 2.22. The van der Waals surface area contributed by atoms with Gasteiger partial charge in [0, 0.05) is 17.0 Å². The van der Waals surface area contributed by atoms with Crippen molar-refractivity contribution in [2.24, 2.45) is 17.3 Å². The molecule has 4 nitrogen and oxygen atoms in total. The number of aliphatic carboxylic acids is 1. The summed E-state index contributed by atoms with van der Waals surface area (Å²) < 4.78 is 5.53. The van der Waals surface area contributed by atoms with Gasteiger partial charge < -0.3 is 14.9 Å². The zero-order valence-electron chi connectivity index (χ0n) is 15.9. The molecule has 4 heteroatoms. The molecule has 0 radical (unpaired) electrons. The Hall–Kier alpha value is -1.71. The van der Waals surface area contributed by atoms with Crippen molar-refractivity contribution in [3.05, 3.63) is 22.8 Å². The fourth-order valence-electron chi connectivity index (χ4n) is 5.18. The van der Waals surface area contributed by atoms with E-state index in [0.29, 0.717) is 12.2 Å². The van der Waals surface area contributed by atoms with Gasteiger partial charge in [-0.15, -0.1) is 0 Å². The van der Waals surface area contributed by atoms with Crippen molar-refractivity contribution in [3.8, 4) is 11.5 Å². The van der Waals surface area contributed by atoms with Crippen LogP contribution in [0.3, 0.4) is 0 Å². The summed E-state index contributed by atoms with van der Waals surface area (Å²) in [4.78, 5) is 12.0. The van der Waals surface area contributed by atoms with Crippen molar-refractivity contribution >= 4 is 5.97 Å². The highest BCUT2D eigenvalue weighted by Gasteiger charge is 2.50. The monoisotopic (exact) mass is 346 g/mol. The number of benzene rings is 1. The number of carboxylic acid groups (broad SMARTS) is 1. The molecule has 138 valence electrons. The van der Waals surface area contributed by atoms with E-state index < -0.39 is 11.9 Å². The molecule has 1 aromatic carbocycles. The Morgan fingerprint density at radius 2 is 2.00 bits per heavy atom. The number of fused-ring (bicyclic) bond motifs is 3. The molecule has 3 rings (SSSR count). The maximum atomic E-state index is 12.0. The van der Waals surface area contributed by atoms with E-state index in [0.717, 1.165) is 36.0 Å². The van der Waals surface area contributed by atoms with Gasteiger partial charge in [0.25, 0.3) is 0 Å². The second-order valence-corrected chi connectivity index (χ2v) is 8.72. The molecule has 0 aromatic heterocycles. The standard InChI is InChI=1S/C21H30O4/c1-11(2)14-10-12-6-7-15-17(16(12)18(22)19(14)25-5)13(20(23)24)8-9-21(15,3)4/h10-11,13,15,17,22H,6-9H2,1-5H3,(H,23,24). The van der Waals surface area contributed by atoms with Gasteiger partial charge in [-0.25, -0.2) is 0 Å². The van der Waals surface area contributed by atoms with Gasteiger partial charge in [0.2, 0.25) is 0 Å². The summed E-state index contributed by atoms with van der Waals surface area (Å²) in [6.07, 6.45) is 3.46. The molecule has 0 amide bonds. The average molecular weight is 346 g/mol. The van der Waals surface area contributed by atoms with E-state index in [4.69, 9.17) is 4.74 Å². The van der Waals surface area contributed by atoms with Crippen LogP contribution >= 0.6 is 0 Å². The first-order chi connectivity index (χ1) is 11.7.